The lowest BCUT2D eigenvalue weighted by Crippen LogP contribution is -1.98. The predicted octanol–water partition coefficient (Wildman–Crippen LogP) is 1.30. The minimum atomic E-state index is -0.0375. The molecule has 0 amide bonds. The van der Waals surface area contributed by atoms with E-state index in [1.807, 2.05) is 19.1 Å². The maximum Gasteiger partial charge on any atom is 0.139 e. The summed E-state index contributed by atoms with van der Waals surface area (Å²) in [6.07, 6.45) is 1.67. The summed E-state index contributed by atoms with van der Waals surface area (Å²) >= 11 is 0. The van der Waals surface area contributed by atoms with Gasteiger partial charge in [0.05, 0.1) is 24.3 Å². The predicted molar refractivity (Wildman–Crippen MR) is 53.2 cm³/mol. The Morgan fingerprint density at radius 3 is 2.93 bits per heavy atom. The standard InChI is InChI=1S/C10H12N2O2/c1-7-3-9-10(12(7)6-13)4-8(14-2)5-11-9/h3-5,13H,6H2,1-2H3. The van der Waals surface area contributed by atoms with E-state index in [1.165, 1.54) is 0 Å². The van der Waals surface area contributed by atoms with Gasteiger partial charge in [0, 0.05) is 11.8 Å². The Balaban J connectivity index is 2.71. The largest absolute Gasteiger partial charge is 0.495 e. The van der Waals surface area contributed by atoms with Gasteiger partial charge in [-0.05, 0) is 13.0 Å². The molecule has 0 aliphatic heterocycles. The molecule has 0 aromatic carbocycles. The van der Waals surface area contributed by atoms with Crippen molar-refractivity contribution in [2.75, 3.05) is 7.11 Å². The van der Waals surface area contributed by atoms with Crippen LogP contribution in [0.25, 0.3) is 11.0 Å². The van der Waals surface area contributed by atoms with Crippen LogP contribution in [0.4, 0.5) is 0 Å². The van der Waals surface area contributed by atoms with Crippen molar-refractivity contribution in [3.05, 3.63) is 24.0 Å². The summed E-state index contributed by atoms with van der Waals surface area (Å²) in [6, 6.07) is 3.80. The van der Waals surface area contributed by atoms with Crippen molar-refractivity contribution in [1.82, 2.24) is 9.55 Å². The molecule has 1 N–H and O–H groups in total. The van der Waals surface area contributed by atoms with E-state index in [-0.39, 0.29) is 6.73 Å². The van der Waals surface area contributed by atoms with Gasteiger partial charge in [-0.3, -0.25) is 4.98 Å². The van der Waals surface area contributed by atoms with E-state index in [4.69, 9.17) is 9.84 Å². The van der Waals surface area contributed by atoms with Crippen LogP contribution >= 0.6 is 0 Å². The summed E-state index contributed by atoms with van der Waals surface area (Å²) in [6.45, 7) is 1.90. The van der Waals surface area contributed by atoms with Gasteiger partial charge in [0.2, 0.25) is 0 Å². The quantitative estimate of drug-likeness (QED) is 0.780. The molecule has 14 heavy (non-hydrogen) atoms. The first kappa shape index (κ1) is 9.02. The molecule has 2 heterocycles. The van der Waals surface area contributed by atoms with Gasteiger partial charge in [0.1, 0.15) is 12.5 Å². The fraction of sp³-hybridized carbons (Fsp3) is 0.300. The lowest BCUT2D eigenvalue weighted by molar-refractivity contribution is 0.213. The molecule has 0 radical (unpaired) electrons. The first-order chi connectivity index (χ1) is 6.76. The zero-order chi connectivity index (χ0) is 10.1. The van der Waals surface area contributed by atoms with Crippen LogP contribution in [0.1, 0.15) is 5.69 Å². The summed E-state index contributed by atoms with van der Waals surface area (Å²) in [5.74, 6) is 0.699. The lowest BCUT2D eigenvalue weighted by atomic mass is 10.3. The fourth-order valence-corrected chi connectivity index (χ4v) is 1.54. The minimum absolute atomic E-state index is 0.0375. The Hall–Kier alpha value is -1.55. The maximum absolute atomic E-state index is 9.16. The second-order valence-electron chi connectivity index (χ2n) is 3.13. The molecule has 0 saturated carbocycles. The highest BCUT2D eigenvalue weighted by atomic mass is 16.5. The van der Waals surface area contributed by atoms with Gasteiger partial charge in [0.15, 0.2) is 0 Å². The number of nitrogens with zero attached hydrogens (tertiary/aromatic N) is 2. The Bertz CT molecular complexity index is 462. The molecular weight excluding hydrogens is 180 g/mol. The van der Waals surface area contributed by atoms with Crippen LogP contribution in [0.3, 0.4) is 0 Å². The summed E-state index contributed by atoms with van der Waals surface area (Å²) in [5, 5.41) is 9.16. The zero-order valence-corrected chi connectivity index (χ0v) is 8.19. The molecule has 2 rings (SSSR count). The molecule has 2 aromatic heterocycles. The van der Waals surface area contributed by atoms with Crippen molar-refractivity contribution in [1.29, 1.82) is 0 Å². The number of rotatable bonds is 2. The van der Waals surface area contributed by atoms with Crippen molar-refractivity contribution >= 4 is 11.0 Å². The average molecular weight is 192 g/mol. The number of ether oxygens (including phenoxy) is 1. The van der Waals surface area contributed by atoms with Crippen LogP contribution in [-0.4, -0.2) is 21.8 Å². The zero-order valence-electron chi connectivity index (χ0n) is 8.19. The normalized spacial score (nSPS) is 10.8. The average Bonchev–Trinajstić information content (AvgIpc) is 2.52. The van der Waals surface area contributed by atoms with E-state index in [9.17, 15) is 0 Å². The molecule has 2 aromatic rings. The van der Waals surface area contributed by atoms with Gasteiger partial charge in [-0.2, -0.15) is 0 Å². The van der Waals surface area contributed by atoms with Gasteiger partial charge in [-0.25, -0.2) is 0 Å². The Labute approximate surface area is 81.8 Å². The van der Waals surface area contributed by atoms with E-state index in [0.717, 1.165) is 16.7 Å². The smallest absolute Gasteiger partial charge is 0.139 e. The van der Waals surface area contributed by atoms with Crippen LogP contribution in [0.2, 0.25) is 0 Å². The van der Waals surface area contributed by atoms with Crippen LogP contribution in [0.5, 0.6) is 5.75 Å². The lowest BCUT2D eigenvalue weighted by Gasteiger charge is -2.03. The van der Waals surface area contributed by atoms with Crippen molar-refractivity contribution in [2.45, 2.75) is 13.7 Å². The second-order valence-corrected chi connectivity index (χ2v) is 3.13. The van der Waals surface area contributed by atoms with E-state index in [1.54, 1.807) is 17.9 Å². The van der Waals surface area contributed by atoms with Gasteiger partial charge in [-0.1, -0.05) is 0 Å². The molecule has 4 heteroatoms. The van der Waals surface area contributed by atoms with E-state index in [2.05, 4.69) is 4.98 Å². The molecule has 0 spiro atoms. The maximum atomic E-state index is 9.16. The molecule has 0 aliphatic carbocycles. The number of fused-ring (bicyclic) bond motifs is 1. The van der Waals surface area contributed by atoms with Crippen LogP contribution < -0.4 is 4.74 Å². The molecule has 0 aliphatic rings. The van der Waals surface area contributed by atoms with Gasteiger partial charge >= 0.3 is 0 Å². The Morgan fingerprint density at radius 1 is 1.50 bits per heavy atom. The third kappa shape index (κ3) is 1.24. The summed E-state index contributed by atoms with van der Waals surface area (Å²) in [7, 11) is 1.60. The number of aliphatic hydroxyl groups is 1. The number of methoxy groups -OCH3 is 1. The van der Waals surface area contributed by atoms with E-state index >= 15 is 0 Å². The van der Waals surface area contributed by atoms with Crippen molar-refractivity contribution in [3.63, 3.8) is 0 Å². The van der Waals surface area contributed by atoms with Gasteiger partial charge in [-0.15, -0.1) is 0 Å². The van der Waals surface area contributed by atoms with Crippen molar-refractivity contribution < 1.29 is 9.84 Å². The highest BCUT2D eigenvalue weighted by Crippen LogP contribution is 2.21. The molecule has 0 atom stereocenters. The molecular formula is C10H12N2O2. The summed E-state index contributed by atoms with van der Waals surface area (Å²) in [5.41, 5.74) is 2.75. The van der Waals surface area contributed by atoms with E-state index in [0.29, 0.717) is 5.75 Å². The topological polar surface area (TPSA) is 47.3 Å². The van der Waals surface area contributed by atoms with Crippen LogP contribution in [0, 0.1) is 6.92 Å². The SMILES string of the molecule is COc1cnc2cc(C)n(CO)c2c1. The number of hydrogen-bond acceptors (Lipinski definition) is 3. The highest BCUT2D eigenvalue weighted by Gasteiger charge is 2.06. The van der Waals surface area contributed by atoms with Crippen molar-refractivity contribution in [2.24, 2.45) is 0 Å². The molecule has 4 nitrogen and oxygen atoms in total. The molecule has 0 saturated heterocycles. The number of pyridine rings is 1. The summed E-state index contributed by atoms with van der Waals surface area (Å²) < 4.78 is 6.86. The Kier molecular flexibility index (Phi) is 2.13. The number of aliphatic hydroxyl groups excluding tert-OH is 1. The third-order valence-corrected chi connectivity index (χ3v) is 2.31. The number of aromatic nitrogens is 2. The molecule has 0 bridgehead atoms. The first-order valence-corrected chi connectivity index (χ1v) is 4.37. The molecule has 0 unspecified atom stereocenters. The highest BCUT2D eigenvalue weighted by molar-refractivity contribution is 5.78. The minimum Gasteiger partial charge on any atom is -0.495 e. The van der Waals surface area contributed by atoms with E-state index < -0.39 is 0 Å². The first-order valence-electron chi connectivity index (χ1n) is 4.37. The number of hydrogen-bond donors (Lipinski definition) is 1. The second kappa shape index (κ2) is 3.31. The van der Waals surface area contributed by atoms with Crippen LogP contribution in [0.15, 0.2) is 18.3 Å². The van der Waals surface area contributed by atoms with Crippen molar-refractivity contribution in [3.8, 4) is 5.75 Å². The third-order valence-electron chi connectivity index (χ3n) is 2.31. The molecule has 74 valence electrons. The van der Waals surface area contributed by atoms with Gasteiger partial charge < -0.3 is 14.4 Å². The van der Waals surface area contributed by atoms with Gasteiger partial charge in [0.25, 0.3) is 0 Å². The Morgan fingerprint density at radius 2 is 2.29 bits per heavy atom. The molecule has 0 fully saturated rings. The fourth-order valence-electron chi connectivity index (χ4n) is 1.54. The van der Waals surface area contributed by atoms with Crippen LogP contribution in [-0.2, 0) is 6.73 Å². The monoisotopic (exact) mass is 192 g/mol. The number of aryl methyl sites for hydroxylation is 1. The summed E-state index contributed by atoms with van der Waals surface area (Å²) in [4.78, 5) is 4.22.